The first-order valence-corrected chi connectivity index (χ1v) is 5.56. The lowest BCUT2D eigenvalue weighted by Crippen LogP contribution is -2.12. The number of nitro groups is 1. The summed E-state index contributed by atoms with van der Waals surface area (Å²) >= 11 is 1.67. The van der Waals surface area contributed by atoms with Crippen LogP contribution in [0.4, 0.5) is 11.5 Å². The highest BCUT2D eigenvalue weighted by Gasteiger charge is 2.08. The van der Waals surface area contributed by atoms with Gasteiger partial charge in [0, 0.05) is 17.0 Å². The molecule has 0 saturated heterocycles. The zero-order valence-electron chi connectivity index (χ0n) is 8.34. The second-order valence-electron chi connectivity index (χ2n) is 3.15. The number of aromatic nitrogens is 1. The molecule has 0 aliphatic carbocycles. The maximum absolute atomic E-state index is 10.4. The largest absolute Gasteiger partial charge is 0.308 e. The molecule has 2 heterocycles. The van der Waals surface area contributed by atoms with Gasteiger partial charge >= 0.3 is 5.69 Å². The van der Waals surface area contributed by atoms with Gasteiger partial charge in [-0.1, -0.05) is 6.07 Å². The summed E-state index contributed by atoms with van der Waals surface area (Å²) in [7, 11) is 0. The number of H-pyrrole nitrogens is 1. The highest BCUT2D eigenvalue weighted by Crippen LogP contribution is 2.12. The number of nitrogens with zero attached hydrogens (tertiary/aromatic N) is 1. The summed E-state index contributed by atoms with van der Waals surface area (Å²) in [6, 6.07) is 7.14. The highest BCUT2D eigenvalue weighted by molar-refractivity contribution is 7.09. The van der Waals surface area contributed by atoms with Gasteiger partial charge < -0.3 is 0 Å². The lowest BCUT2D eigenvalue weighted by molar-refractivity contribution is -0.413. The lowest BCUT2D eigenvalue weighted by atomic mass is 10.4. The van der Waals surface area contributed by atoms with Gasteiger partial charge in [-0.3, -0.25) is 15.4 Å². The number of hydrogen-bond donors (Lipinski definition) is 1. The summed E-state index contributed by atoms with van der Waals surface area (Å²) in [6.07, 6.45) is 1.37. The van der Waals surface area contributed by atoms with Crippen molar-refractivity contribution in [1.82, 2.24) is 0 Å². The molecule has 16 heavy (non-hydrogen) atoms. The molecular weight excluding hydrogens is 226 g/mol. The van der Waals surface area contributed by atoms with Gasteiger partial charge in [0.25, 0.3) is 5.82 Å². The maximum atomic E-state index is 10.4. The average molecular weight is 236 g/mol. The van der Waals surface area contributed by atoms with Crippen molar-refractivity contribution in [3.63, 3.8) is 0 Å². The molecule has 5 nitrogen and oxygen atoms in total. The van der Waals surface area contributed by atoms with Gasteiger partial charge in [0.1, 0.15) is 6.54 Å². The molecule has 0 fully saturated rings. The molecule has 82 valence electrons. The van der Waals surface area contributed by atoms with Crippen LogP contribution in [0.25, 0.3) is 0 Å². The van der Waals surface area contributed by atoms with Crippen LogP contribution in [0.1, 0.15) is 4.88 Å². The number of aromatic amines is 1. The van der Waals surface area contributed by atoms with Crippen LogP contribution in [0.5, 0.6) is 0 Å². The third kappa shape index (κ3) is 2.54. The SMILES string of the molecule is O=[N+]([O-])c1ccc(NCc2cccs2)[nH+]c1. The highest BCUT2D eigenvalue weighted by atomic mass is 32.1. The van der Waals surface area contributed by atoms with Crippen molar-refractivity contribution in [1.29, 1.82) is 0 Å². The Labute approximate surface area is 95.9 Å². The van der Waals surface area contributed by atoms with Crippen LogP contribution in [0, 0.1) is 10.1 Å². The first-order valence-electron chi connectivity index (χ1n) is 4.68. The first-order chi connectivity index (χ1) is 7.75. The number of pyridine rings is 1. The van der Waals surface area contributed by atoms with E-state index in [-0.39, 0.29) is 5.69 Å². The molecule has 2 rings (SSSR count). The standard InChI is InChI=1S/C10H9N3O2S/c14-13(15)8-3-4-10(11-6-8)12-7-9-2-1-5-16-9/h1-6H,7H2,(H,11,12)/p+1. The molecule has 0 saturated carbocycles. The fourth-order valence-corrected chi connectivity index (χ4v) is 1.88. The van der Waals surface area contributed by atoms with Crippen molar-refractivity contribution < 1.29 is 9.91 Å². The molecule has 2 N–H and O–H groups in total. The van der Waals surface area contributed by atoms with Gasteiger partial charge in [-0.05, 0) is 11.4 Å². The summed E-state index contributed by atoms with van der Waals surface area (Å²) in [5, 5.41) is 15.6. The smallest absolute Gasteiger partial charge is 0.269 e. The number of rotatable bonds is 4. The molecule has 0 unspecified atom stereocenters. The monoisotopic (exact) mass is 236 g/mol. The molecular formula is C10H10N3O2S+. The summed E-state index contributed by atoms with van der Waals surface area (Å²) < 4.78 is 0. The number of thiophene rings is 1. The Morgan fingerprint density at radius 1 is 1.44 bits per heavy atom. The van der Waals surface area contributed by atoms with Crippen molar-refractivity contribution >= 4 is 22.8 Å². The molecule has 0 aliphatic rings. The molecule has 0 radical (unpaired) electrons. The Bertz CT molecular complexity index is 467. The zero-order valence-corrected chi connectivity index (χ0v) is 9.16. The van der Waals surface area contributed by atoms with Crippen LogP contribution >= 0.6 is 11.3 Å². The first kappa shape index (κ1) is 10.6. The van der Waals surface area contributed by atoms with Crippen LogP contribution in [0.2, 0.25) is 0 Å². The van der Waals surface area contributed by atoms with Crippen LogP contribution in [0.15, 0.2) is 35.8 Å². The quantitative estimate of drug-likeness (QED) is 0.652. The van der Waals surface area contributed by atoms with E-state index in [4.69, 9.17) is 0 Å². The molecule has 0 amide bonds. The van der Waals surface area contributed by atoms with E-state index in [0.717, 1.165) is 5.82 Å². The Kier molecular flexibility index (Phi) is 3.11. The molecule has 2 aromatic rings. The van der Waals surface area contributed by atoms with Gasteiger partial charge in [0.15, 0.2) is 6.20 Å². The topological polar surface area (TPSA) is 69.3 Å². The minimum Gasteiger partial charge on any atom is -0.269 e. The molecule has 0 aliphatic heterocycles. The second kappa shape index (κ2) is 4.71. The number of nitrogens with one attached hydrogen (secondary N) is 2. The fraction of sp³-hybridized carbons (Fsp3) is 0.100. The summed E-state index contributed by atoms with van der Waals surface area (Å²) in [6.45, 7) is 0.714. The number of anilines is 1. The summed E-state index contributed by atoms with van der Waals surface area (Å²) in [4.78, 5) is 14.0. The van der Waals surface area contributed by atoms with Gasteiger partial charge in [-0.2, -0.15) is 0 Å². The molecule has 0 spiro atoms. The minimum atomic E-state index is -0.431. The second-order valence-corrected chi connectivity index (χ2v) is 4.18. The van der Waals surface area contributed by atoms with Crippen molar-refractivity contribution in [2.75, 3.05) is 5.32 Å². The van der Waals surface area contributed by atoms with Gasteiger partial charge in [-0.25, -0.2) is 4.98 Å². The van der Waals surface area contributed by atoms with E-state index in [1.807, 2.05) is 17.5 Å². The van der Waals surface area contributed by atoms with Crippen LogP contribution < -0.4 is 10.3 Å². The zero-order chi connectivity index (χ0) is 11.4. The molecule has 2 aromatic heterocycles. The predicted octanol–water partition coefficient (Wildman–Crippen LogP) is 2.08. The van der Waals surface area contributed by atoms with E-state index in [9.17, 15) is 10.1 Å². The van der Waals surface area contributed by atoms with Crippen molar-refractivity contribution in [2.24, 2.45) is 0 Å². The Balaban J connectivity index is 1.98. The lowest BCUT2D eigenvalue weighted by Gasteiger charge is -1.96. The third-order valence-electron chi connectivity index (χ3n) is 2.04. The van der Waals surface area contributed by atoms with E-state index in [2.05, 4.69) is 10.3 Å². The third-order valence-corrected chi connectivity index (χ3v) is 2.92. The van der Waals surface area contributed by atoms with Gasteiger partial charge in [0.05, 0.1) is 4.92 Å². The average Bonchev–Trinajstić information content (AvgIpc) is 2.80. The molecule has 0 aromatic carbocycles. The Morgan fingerprint density at radius 3 is 2.88 bits per heavy atom. The van der Waals surface area contributed by atoms with Crippen LogP contribution in [-0.2, 0) is 6.54 Å². The van der Waals surface area contributed by atoms with Gasteiger partial charge in [0.2, 0.25) is 0 Å². The maximum Gasteiger partial charge on any atom is 0.308 e. The van der Waals surface area contributed by atoms with Crippen LogP contribution in [0.3, 0.4) is 0 Å². The Hall–Kier alpha value is -1.95. The van der Waals surface area contributed by atoms with Crippen molar-refractivity contribution in [2.45, 2.75) is 6.54 Å². The Morgan fingerprint density at radius 2 is 2.31 bits per heavy atom. The van der Waals surface area contributed by atoms with Crippen LogP contribution in [-0.4, -0.2) is 4.92 Å². The fourth-order valence-electron chi connectivity index (χ4n) is 1.24. The van der Waals surface area contributed by atoms with Crippen molar-refractivity contribution in [3.8, 4) is 0 Å². The molecule has 0 bridgehead atoms. The number of hydrogen-bond acceptors (Lipinski definition) is 4. The van der Waals surface area contributed by atoms with E-state index in [1.54, 1.807) is 17.4 Å². The summed E-state index contributed by atoms with van der Waals surface area (Å²) in [5.74, 6) is 0.763. The molecule has 0 atom stereocenters. The van der Waals surface area contributed by atoms with E-state index >= 15 is 0 Å². The van der Waals surface area contributed by atoms with E-state index in [0.29, 0.717) is 6.54 Å². The van der Waals surface area contributed by atoms with Gasteiger partial charge in [-0.15, -0.1) is 11.3 Å². The normalized spacial score (nSPS) is 10.0. The van der Waals surface area contributed by atoms with E-state index in [1.165, 1.54) is 17.1 Å². The van der Waals surface area contributed by atoms with Crippen molar-refractivity contribution in [3.05, 3.63) is 50.8 Å². The molecule has 6 heteroatoms. The van der Waals surface area contributed by atoms with E-state index < -0.39 is 4.92 Å². The summed E-state index contributed by atoms with van der Waals surface area (Å²) in [5.41, 5.74) is 0.0571. The predicted molar refractivity (Wildman–Crippen MR) is 61.3 cm³/mol. The minimum absolute atomic E-state index is 0.0571.